The molecule has 0 atom stereocenters. The second-order valence-corrected chi connectivity index (χ2v) is 4.50. The summed E-state index contributed by atoms with van der Waals surface area (Å²) in [7, 11) is 1.24. The molecule has 0 unspecified atom stereocenters. The topological polar surface area (TPSA) is 26.3 Å². The molecule has 0 N–H and O–H groups in total. The molecule has 0 aliphatic heterocycles. The van der Waals surface area contributed by atoms with Crippen molar-refractivity contribution in [3.05, 3.63) is 58.9 Å². The molecule has 0 amide bonds. The summed E-state index contributed by atoms with van der Waals surface area (Å²) >= 11 is 0. The van der Waals surface area contributed by atoms with Crippen molar-refractivity contribution in [2.75, 3.05) is 7.11 Å². The van der Waals surface area contributed by atoms with Crippen LogP contribution in [-0.2, 0) is 4.74 Å². The van der Waals surface area contributed by atoms with Gasteiger partial charge >= 0.3 is 5.97 Å². The van der Waals surface area contributed by atoms with Crippen LogP contribution in [0, 0.1) is 19.7 Å². The Bertz CT molecular complexity index is 633. The van der Waals surface area contributed by atoms with Crippen LogP contribution in [0.15, 0.2) is 36.4 Å². The Morgan fingerprint density at radius 2 is 1.84 bits per heavy atom. The van der Waals surface area contributed by atoms with Gasteiger partial charge in [-0.25, -0.2) is 9.18 Å². The predicted octanol–water partition coefficient (Wildman–Crippen LogP) is 3.90. The molecule has 2 rings (SSSR count). The fourth-order valence-electron chi connectivity index (χ4n) is 2.10. The zero-order valence-electron chi connectivity index (χ0n) is 11.2. The fraction of sp³-hybridized carbons (Fsp3) is 0.188. The summed E-state index contributed by atoms with van der Waals surface area (Å²) in [6.07, 6.45) is 0. The smallest absolute Gasteiger partial charge is 0.340 e. The lowest BCUT2D eigenvalue weighted by molar-refractivity contribution is 0.0595. The molecule has 0 aromatic heterocycles. The maximum absolute atomic E-state index is 13.9. The number of benzene rings is 2. The van der Waals surface area contributed by atoms with Crippen LogP contribution in [0.1, 0.15) is 21.5 Å². The molecule has 2 aromatic rings. The molecule has 2 nitrogen and oxygen atoms in total. The molecule has 3 heteroatoms. The van der Waals surface area contributed by atoms with Crippen LogP contribution in [0.5, 0.6) is 0 Å². The third-order valence-electron chi connectivity index (χ3n) is 3.07. The zero-order chi connectivity index (χ0) is 14.0. The minimum absolute atomic E-state index is 0.0454. The van der Waals surface area contributed by atoms with Gasteiger partial charge in [-0.1, -0.05) is 29.8 Å². The first-order valence-electron chi connectivity index (χ1n) is 5.98. The van der Waals surface area contributed by atoms with E-state index in [1.807, 2.05) is 32.0 Å². The molecule has 2 aromatic carbocycles. The molecule has 0 saturated carbocycles. The van der Waals surface area contributed by atoms with Gasteiger partial charge in [-0.3, -0.25) is 0 Å². The van der Waals surface area contributed by atoms with E-state index in [4.69, 9.17) is 0 Å². The van der Waals surface area contributed by atoms with Crippen molar-refractivity contribution < 1.29 is 13.9 Å². The number of halogens is 1. The van der Waals surface area contributed by atoms with Crippen molar-refractivity contribution in [3.63, 3.8) is 0 Å². The number of ether oxygens (including phenoxy) is 1. The van der Waals surface area contributed by atoms with Gasteiger partial charge in [0.05, 0.1) is 12.7 Å². The van der Waals surface area contributed by atoms with Gasteiger partial charge in [0.2, 0.25) is 0 Å². The van der Waals surface area contributed by atoms with E-state index in [1.54, 1.807) is 6.07 Å². The maximum atomic E-state index is 13.9. The van der Waals surface area contributed by atoms with Gasteiger partial charge in [0.1, 0.15) is 5.82 Å². The summed E-state index contributed by atoms with van der Waals surface area (Å²) in [5.41, 5.74) is 3.90. The van der Waals surface area contributed by atoms with E-state index in [-0.39, 0.29) is 5.56 Å². The van der Waals surface area contributed by atoms with Crippen molar-refractivity contribution in [3.8, 4) is 11.1 Å². The van der Waals surface area contributed by atoms with E-state index in [9.17, 15) is 9.18 Å². The Morgan fingerprint density at radius 1 is 1.11 bits per heavy atom. The molecule has 0 saturated heterocycles. The lowest BCUT2D eigenvalue weighted by atomic mass is 9.97. The second-order valence-electron chi connectivity index (χ2n) is 4.50. The SMILES string of the molecule is COC(=O)c1ccc(-c2ccc(C)cc2C)cc1F. The van der Waals surface area contributed by atoms with E-state index in [0.29, 0.717) is 0 Å². The molecular weight excluding hydrogens is 243 g/mol. The minimum Gasteiger partial charge on any atom is -0.465 e. The van der Waals surface area contributed by atoms with Crippen molar-refractivity contribution >= 4 is 5.97 Å². The van der Waals surface area contributed by atoms with Gasteiger partial charge in [0.25, 0.3) is 0 Å². The molecule has 0 aliphatic carbocycles. The minimum atomic E-state index is -0.662. The lowest BCUT2D eigenvalue weighted by Gasteiger charge is -2.09. The first-order chi connectivity index (χ1) is 9.02. The Kier molecular flexibility index (Phi) is 3.65. The molecule has 0 spiro atoms. The predicted molar refractivity (Wildman–Crippen MR) is 72.6 cm³/mol. The highest BCUT2D eigenvalue weighted by molar-refractivity contribution is 5.90. The average Bonchev–Trinajstić information content (AvgIpc) is 2.37. The Morgan fingerprint density at radius 3 is 2.42 bits per heavy atom. The van der Waals surface area contributed by atoms with Gasteiger partial charge in [-0.15, -0.1) is 0 Å². The van der Waals surface area contributed by atoms with Crippen molar-refractivity contribution in [2.24, 2.45) is 0 Å². The normalized spacial score (nSPS) is 10.3. The van der Waals surface area contributed by atoms with E-state index in [0.717, 1.165) is 22.3 Å². The van der Waals surface area contributed by atoms with E-state index in [1.165, 1.54) is 19.2 Å². The van der Waals surface area contributed by atoms with E-state index in [2.05, 4.69) is 4.74 Å². The summed E-state index contributed by atoms with van der Waals surface area (Å²) in [6, 6.07) is 10.5. The van der Waals surface area contributed by atoms with Crippen LogP contribution in [0.3, 0.4) is 0 Å². The van der Waals surface area contributed by atoms with Crippen LogP contribution in [0.25, 0.3) is 11.1 Å². The molecule has 98 valence electrons. The van der Waals surface area contributed by atoms with Crippen molar-refractivity contribution in [2.45, 2.75) is 13.8 Å². The summed E-state index contributed by atoms with van der Waals surface area (Å²) in [6.45, 7) is 3.99. The molecule has 0 fully saturated rings. The molecular formula is C16H15FO2. The van der Waals surface area contributed by atoms with E-state index >= 15 is 0 Å². The van der Waals surface area contributed by atoms with Crippen LogP contribution in [-0.4, -0.2) is 13.1 Å². The molecule has 0 heterocycles. The Hall–Kier alpha value is -2.16. The number of esters is 1. The average molecular weight is 258 g/mol. The maximum Gasteiger partial charge on any atom is 0.340 e. The van der Waals surface area contributed by atoms with Gasteiger partial charge in [-0.05, 0) is 42.7 Å². The van der Waals surface area contributed by atoms with Crippen LogP contribution < -0.4 is 0 Å². The molecule has 0 bridgehead atoms. The van der Waals surface area contributed by atoms with E-state index < -0.39 is 11.8 Å². The lowest BCUT2D eigenvalue weighted by Crippen LogP contribution is -2.04. The first-order valence-corrected chi connectivity index (χ1v) is 5.98. The highest BCUT2D eigenvalue weighted by Crippen LogP contribution is 2.26. The Balaban J connectivity index is 2.47. The van der Waals surface area contributed by atoms with Crippen LogP contribution in [0.4, 0.5) is 4.39 Å². The largest absolute Gasteiger partial charge is 0.465 e. The molecule has 0 aliphatic rings. The Labute approximate surface area is 111 Å². The van der Waals surface area contributed by atoms with Gasteiger partial charge in [0.15, 0.2) is 0 Å². The number of rotatable bonds is 2. The summed E-state index contributed by atoms with van der Waals surface area (Å²) in [5.74, 6) is -1.23. The fourth-order valence-corrected chi connectivity index (χ4v) is 2.10. The highest BCUT2D eigenvalue weighted by atomic mass is 19.1. The van der Waals surface area contributed by atoms with Gasteiger partial charge < -0.3 is 4.74 Å². The highest BCUT2D eigenvalue weighted by Gasteiger charge is 2.13. The number of hydrogen-bond donors (Lipinski definition) is 0. The molecule has 0 radical (unpaired) electrons. The monoisotopic (exact) mass is 258 g/mol. The second kappa shape index (κ2) is 5.22. The van der Waals surface area contributed by atoms with Gasteiger partial charge in [0, 0.05) is 0 Å². The number of hydrogen-bond acceptors (Lipinski definition) is 2. The first kappa shape index (κ1) is 13.3. The molecule has 19 heavy (non-hydrogen) atoms. The number of carbonyl (C=O) groups excluding carboxylic acids is 1. The summed E-state index contributed by atoms with van der Waals surface area (Å²) in [5, 5.41) is 0. The van der Waals surface area contributed by atoms with Crippen molar-refractivity contribution in [1.29, 1.82) is 0 Å². The third-order valence-corrected chi connectivity index (χ3v) is 3.07. The summed E-state index contributed by atoms with van der Waals surface area (Å²) < 4.78 is 18.4. The number of methoxy groups -OCH3 is 1. The van der Waals surface area contributed by atoms with Gasteiger partial charge in [-0.2, -0.15) is 0 Å². The zero-order valence-corrected chi connectivity index (χ0v) is 11.2. The number of aryl methyl sites for hydroxylation is 2. The summed E-state index contributed by atoms with van der Waals surface area (Å²) in [4.78, 5) is 11.3. The number of carbonyl (C=O) groups is 1. The quantitative estimate of drug-likeness (QED) is 0.764. The van der Waals surface area contributed by atoms with Crippen molar-refractivity contribution in [1.82, 2.24) is 0 Å². The third kappa shape index (κ3) is 2.65. The van der Waals surface area contributed by atoms with Crippen LogP contribution >= 0.6 is 0 Å². The standard InChI is InChI=1S/C16H15FO2/c1-10-4-6-13(11(2)8-10)12-5-7-14(15(17)9-12)16(18)19-3/h4-9H,1-3H3. The van der Waals surface area contributed by atoms with Crippen LogP contribution in [0.2, 0.25) is 0 Å².